The van der Waals surface area contributed by atoms with E-state index in [9.17, 15) is 9.90 Å². The molecule has 1 saturated carbocycles. The van der Waals surface area contributed by atoms with Gasteiger partial charge in [-0.2, -0.15) is 0 Å². The summed E-state index contributed by atoms with van der Waals surface area (Å²) in [5, 5.41) is 10.1. The highest BCUT2D eigenvalue weighted by molar-refractivity contribution is 7.17. The van der Waals surface area contributed by atoms with Crippen LogP contribution in [0, 0.1) is 0 Å². The molecule has 1 aromatic rings. The van der Waals surface area contributed by atoms with Crippen molar-refractivity contribution in [3.05, 3.63) is 10.6 Å². The summed E-state index contributed by atoms with van der Waals surface area (Å²) in [7, 11) is 2.11. The first kappa shape index (κ1) is 11.9. The van der Waals surface area contributed by atoms with E-state index >= 15 is 0 Å². The number of nitrogens with zero attached hydrogens (tertiary/aromatic N) is 3. The molecule has 98 valence electrons. The molecular formula is C12H17N3O2S. The fraction of sp³-hybridized carbons (Fsp3) is 0.667. The Labute approximate surface area is 110 Å². The van der Waals surface area contributed by atoms with Gasteiger partial charge in [0.15, 0.2) is 5.13 Å². The van der Waals surface area contributed by atoms with E-state index in [4.69, 9.17) is 0 Å². The quantitative estimate of drug-likeness (QED) is 0.898. The Bertz CT molecular complexity index is 462. The van der Waals surface area contributed by atoms with E-state index in [0.29, 0.717) is 10.8 Å². The summed E-state index contributed by atoms with van der Waals surface area (Å²) in [6.07, 6.45) is 2.18. The maximum Gasteiger partial charge on any atom is 0.347 e. The maximum atomic E-state index is 11.2. The van der Waals surface area contributed by atoms with Crippen LogP contribution < -0.4 is 4.90 Å². The van der Waals surface area contributed by atoms with Crippen LogP contribution in [-0.4, -0.2) is 54.2 Å². The molecule has 1 aromatic heterocycles. The zero-order valence-corrected chi connectivity index (χ0v) is 11.2. The lowest BCUT2D eigenvalue weighted by Gasteiger charge is -2.32. The summed E-state index contributed by atoms with van der Waals surface area (Å²) < 4.78 is 0. The Morgan fingerprint density at radius 2 is 2.00 bits per heavy atom. The van der Waals surface area contributed by atoms with Gasteiger partial charge in [0.05, 0.1) is 5.69 Å². The van der Waals surface area contributed by atoms with E-state index in [0.717, 1.165) is 49.8 Å². The van der Waals surface area contributed by atoms with Crippen molar-refractivity contribution in [3.63, 3.8) is 0 Å². The molecule has 1 aliphatic heterocycles. The normalized spacial score (nSPS) is 21.3. The number of rotatable bonds is 3. The molecule has 2 fully saturated rings. The van der Waals surface area contributed by atoms with Gasteiger partial charge in [-0.05, 0) is 19.9 Å². The van der Waals surface area contributed by atoms with E-state index in [1.165, 1.54) is 11.3 Å². The lowest BCUT2D eigenvalue weighted by Crippen LogP contribution is -2.44. The number of hydrogen-bond acceptors (Lipinski definition) is 5. The number of hydrogen-bond donors (Lipinski definition) is 1. The van der Waals surface area contributed by atoms with Crippen LogP contribution in [0.25, 0.3) is 0 Å². The van der Waals surface area contributed by atoms with E-state index in [-0.39, 0.29) is 0 Å². The van der Waals surface area contributed by atoms with Crippen LogP contribution in [0.15, 0.2) is 0 Å². The fourth-order valence-electron chi connectivity index (χ4n) is 2.24. The molecule has 0 bridgehead atoms. The standard InChI is InChI=1S/C12H17N3O2S/c1-14-4-6-15(7-5-14)12-13-9(8-2-3-8)10(18-12)11(16)17/h8H,2-7H2,1H3,(H,16,17). The zero-order chi connectivity index (χ0) is 12.7. The molecule has 0 amide bonds. The number of anilines is 1. The molecule has 1 N–H and O–H groups in total. The summed E-state index contributed by atoms with van der Waals surface area (Å²) in [5.74, 6) is -0.427. The lowest BCUT2D eigenvalue weighted by molar-refractivity contribution is 0.0700. The number of aromatic carboxylic acids is 1. The highest BCUT2D eigenvalue weighted by atomic mass is 32.1. The average molecular weight is 267 g/mol. The third-order valence-corrected chi connectivity index (χ3v) is 4.69. The van der Waals surface area contributed by atoms with Gasteiger partial charge < -0.3 is 14.9 Å². The number of thiazole rings is 1. The van der Waals surface area contributed by atoms with E-state index in [1.807, 2.05) is 0 Å². The number of carboxylic acid groups (broad SMARTS) is 1. The molecule has 1 saturated heterocycles. The van der Waals surface area contributed by atoms with Crippen LogP contribution in [0.4, 0.5) is 5.13 Å². The molecule has 2 heterocycles. The van der Waals surface area contributed by atoms with E-state index < -0.39 is 5.97 Å². The number of likely N-dealkylation sites (N-methyl/N-ethyl adjacent to an activating group) is 1. The summed E-state index contributed by atoms with van der Waals surface area (Å²) in [6, 6.07) is 0. The van der Waals surface area contributed by atoms with Crippen molar-refractivity contribution in [2.75, 3.05) is 38.1 Å². The Balaban J connectivity index is 1.84. The molecule has 0 atom stereocenters. The monoisotopic (exact) mass is 267 g/mol. The largest absolute Gasteiger partial charge is 0.477 e. The van der Waals surface area contributed by atoms with Crippen molar-refractivity contribution in [3.8, 4) is 0 Å². The Kier molecular flexibility index (Phi) is 2.99. The number of aromatic nitrogens is 1. The minimum Gasteiger partial charge on any atom is -0.477 e. The minimum absolute atomic E-state index is 0.397. The topological polar surface area (TPSA) is 56.7 Å². The van der Waals surface area contributed by atoms with Gasteiger partial charge in [0.25, 0.3) is 0 Å². The first-order valence-corrected chi connectivity index (χ1v) is 7.14. The van der Waals surface area contributed by atoms with Crippen LogP contribution >= 0.6 is 11.3 Å². The Hall–Kier alpha value is -1.14. The molecule has 0 radical (unpaired) electrons. The number of carboxylic acids is 1. The number of piperazine rings is 1. The molecule has 5 nitrogen and oxygen atoms in total. The minimum atomic E-state index is -0.824. The van der Waals surface area contributed by atoms with Gasteiger partial charge in [-0.15, -0.1) is 0 Å². The first-order valence-electron chi connectivity index (χ1n) is 6.32. The van der Waals surface area contributed by atoms with Crippen molar-refractivity contribution < 1.29 is 9.90 Å². The van der Waals surface area contributed by atoms with Crippen molar-refractivity contribution >= 4 is 22.4 Å². The first-order chi connectivity index (χ1) is 8.65. The smallest absolute Gasteiger partial charge is 0.347 e. The molecule has 0 spiro atoms. The summed E-state index contributed by atoms with van der Waals surface area (Å²) in [4.78, 5) is 20.8. The highest BCUT2D eigenvalue weighted by Crippen LogP contribution is 2.44. The van der Waals surface area contributed by atoms with Crippen LogP contribution in [0.5, 0.6) is 0 Å². The molecule has 3 rings (SSSR count). The third kappa shape index (κ3) is 2.22. The van der Waals surface area contributed by atoms with Crippen LogP contribution in [0.3, 0.4) is 0 Å². The third-order valence-electron chi connectivity index (χ3n) is 3.57. The fourth-order valence-corrected chi connectivity index (χ4v) is 3.28. The zero-order valence-electron chi connectivity index (χ0n) is 10.4. The predicted molar refractivity (Wildman–Crippen MR) is 70.8 cm³/mol. The second kappa shape index (κ2) is 4.51. The maximum absolute atomic E-state index is 11.2. The van der Waals surface area contributed by atoms with Gasteiger partial charge in [-0.3, -0.25) is 0 Å². The molecular weight excluding hydrogens is 250 g/mol. The second-order valence-corrected chi connectivity index (χ2v) is 6.06. The second-order valence-electron chi connectivity index (χ2n) is 5.08. The van der Waals surface area contributed by atoms with Crippen LogP contribution in [0.1, 0.15) is 34.1 Å². The highest BCUT2D eigenvalue weighted by Gasteiger charge is 2.33. The summed E-state index contributed by atoms with van der Waals surface area (Å²) in [6.45, 7) is 3.90. The average Bonchev–Trinajstić information content (AvgIpc) is 3.09. The van der Waals surface area contributed by atoms with Crippen LogP contribution in [-0.2, 0) is 0 Å². The molecule has 18 heavy (non-hydrogen) atoms. The summed E-state index contributed by atoms with van der Waals surface area (Å²) >= 11 is 1.34. The van der Waals surface area contributed by atoms with Crippen molar-refractivity contribution in [1.29, 1.82) is 0 Å². The molecule has 0 unspecified atom stereocenters. The van der Waals surface area contributed by atoms with Crippen molar-refractivity contribution in [2.45, 2.75) is 18.8 Å². The van der Waals surface area contributed by atoms with Gasteiger partial charge in [-0.1, -0.05) is 11.3 Å². The SMILES string of the molecule is CN1CCN(c2nc(C3CC3)c(C(=O)O)s2)CC1. The van der Waals surface area contributed by atoms with Gasteiger partial charge in [0.2, 0.25) is 0 Å². The molecule has 0 aromatic carbocycles. The number of carbonyl (C=O) groups is 1. The van der Waals surface area contributed by atoms with Gasteiger partial charge in [0, 0.05) is 32.1 Å². The van der Waals surface area contributed by atoms with Gasteiger partial charge in [0.1, 0.15) is 4.88 Å². The van der Waals surface area contributed by atoms with Crippen molar-refractivity contribution in [2.24, 2.45) is 0 Å². The molecule has 6 heteroatoms. The van der Waals surface area contributed by atoms with Crippen LogP contribution in [0.2, 0.25) is 0 Å². The van der Waals surface area contributed by atoms with E-state index in [2.05, 4.69) is 21.8 Å². The predicted octanol–water partition coefficient (Wildman–Crippen LogP) is 1.47. The van der Waals surface area contributed by atoms with Crippen molar-refractivity contribution in [1.82, 2.24) is 9.88 Å². The Morgan fingerprint density at radius 1 is 1.33 bits per heavy atom. The van der Waals surface area contributed by atoms with Gasteiger partial charge in [-0.25, -0.2) is 9.78 Å². The summed E-state index contributed by atoms with van der Waals surface area (Å²) in [5.41, 5.74) is 0.821. The lowest BCUT2D eigenvalue weighted by atomic mass is 10.2. The van der Waals surface area contributed by atoms with Gasteiger partial charge >= 0.3 is 5.97 Å². The molecule has 2 aliphatic rings. The Morgan fingerprint density at radius 3 is 2.56 bits per heavy atom. The molecule has 1 aliphatic carbocycles. The van der Waals surface area contributed by atoms with E-state index in [1.54, 1.807) is 0 Å².